The van der Waals surface area contributed by atoms with Crippen molar-refractivity contribution in [1.29, 1.82) is 0 Å². The summed E-state index contributed by atoms with van der Waals surface area (Å²) in [6, 6.07) is 0. The number of hydrogen-bond donors (Lipinski definition) is 1. The van der Waals surface area contributed by atoms with Gasteiger partial charge in [0.25, 0.3) is 0 Å². The van der Waals surface area contributed by atoms with Crippen LogP contribution in [-0.4, -0.2) is 43.8 Å². The molecule has 1 amide bonds. The Morgan fingerprint density at radius 2 is 1.91 bits per heavy atom. The van der Waals surface area contributed by atoms with Crippen LogP contribution >= 0.6 is 0 Å². The average molecular weight is 308 g/mol. The minimum Gasteiger partial charge on any atom is -0.449 e. The molecule has 2 unspecified atom stereocenters. The van der Waals surface area contributed by atoms with Gasteiger partial charge in [0, 0.05) is 26.2 Å². The Bertz CT molecular complexity index is 367. The molecule has 1 heterocycles. The van der Waals surface area contributed by atoms with Crippen molar-refractivity contribution in [3.05, 3.63) is 0 Å². The molecule has 0 spiro atoms. The maximum Gasteiger partial charge on any atom is 0.409 e. The molecular weight excluding hydrogens is 276 g/mol. The molecule has 22 heavy (non-hydrogen) atoms. The van der Waals surface area contributed by atoms with Crippen molar-refractivity contribution in [3.63, 3.8) is 0 Å². The second kappa shape index (κ2) is 7.20. The summed E-state index contributed by atoms with van der Waals surface area (Å²) in [5.41, 5.74) is 0.442. The van der Waals surface area contributed by atoms with Gasteiger partial charge in [-0.25, -0.2) is 4.79 Å². The molecule has 0 aromatic rings. The molecule has 1 saturated heterocycles. The largest absolute Gasteiger partial charge is 0.449 e. The minimum absolute atomic E-state index is 0.108. The van der Waals surface area contributed by atoms with Crippen LogP contribution in [0.25, 0.3) is 0 Å². The third kappa shape index (κ3) is 3.76. The second-order valence-corrected chi connectivity index (χ2v) is 7.76. The first-order valence-electron chi connectivity index (χ1n) is 9.33. The Kier molecular flexibility index (Phi) is 5.27. The molecule has 3 fully saturated rings. The highest BCUT2D eigenvalue weighted by atomic mass is 16.6. The highest BCUT2D eigenvalue weighted by molar-refractivity contribution is 5.67. The normalized spacial score (nSPS) is 35.2. The Labute approximate surface area is 135 Å². The second-order valence-electron chi connectivity index (χ2n) is 7.76. The standard InChI is InChI=1S/C18H32N2O2/c1-2-18(13-15-4-3-5-16(12-15)14-18)6-11-22-17(21)20-9-7-19-8-10-20/h15-16,19H,2-14H2,1H3. The lowest BCUT2D eigenvalue weighted by atomic mass is 9.59. The highest BCUT2D eigenvalue weighted by Gasteiger charge is 2.40. The third-order valence-corrected chi connectivity index (χ3v) is 6.32. The Balaban J connectivity index is 1.47. The number of hydrogen-bond acceptors (Lipinski definition) is 3. The van der Waals surface area contributed by atoms with E-state index in [0.717, 1.165) is 44.4 Å². The van der Waals surface area contributed by atoms with Gasteiger partial charge in [-0.3, -0.25) is 0 Å². The number of nitrogens with one attached hydrogen (secondary N) is 1. The Hall–Kier alpha value is -0.770. The number of amides is 1. The number of carbonyl (C=O) groups is 1. The first-order chi connectivity index (χ1) is 10.7. The lowest BCUT2D eigenvalue weighted by Gasteiger charge is -2.47. The van der Waals surface area contributed by atoms with Crippen molar-refractivity contribution in [1.82, 2.24) is 10.2 Å². The number of ether oxygens (including phenoxy) is 1. The van der Waals surface area contributed by atoms with Crippen LogP contribution < -0.4 is 5.32 Å². The molecule has 126 valence electrons. The molecule has 0 aromatic heterocycles. The molecule has 1 N–H and O–H groups in total. The van der Waals surface area contributed by atoms with E-state index in [-0.39, 0.29) is 6.09 Å². The van der Waals surface area contributed by atoms with Crippen LogP contribution in [-0.2, 0) is 4.74 Å². The molecule has 1 aliphatic heterocycles. The van der Waals surface area contributed by atoms with Crippen molar-refractivity contribution in [2.75, 3.05) is 32.8 Å². The summed E-state index contributed by atoms with van der Waals surface area (Å²) in [6.07, 6.45) is 10.7. The van der Waals surface area contributed by atoms with Crippen LogP contribution in [0.2, 0.25) is 0 Å². The van der Waals surface area contributed by atoms with Gasteiger partial charge in [-0.2, -0.15) is 0 Å². The number of piperazine rings is 1. The Morgan fingerprint density at radius 1 is 1.23 bits per heavy atom. The minimum atomic E-state index is -0.108. The molecule has 2 atom stereocenters. The van der Waals surface area contributed by atoms with Gasteiger partial charge in [-0.1, -0.05) is 32.6 Å². The zero-order valence-corrected chi connectivity index (χ0v) is 14.1. The van der Waals surface area contributed by atoms with Crippen molar-refractivity contribution in [2.24, 2.45) is 17.3 Å². The number of rotatable bonds is 4. The summed E-state index contributed by atoms with van der Waals surface area (Å²) in [5, 5.41) is 3.27. The summed E-state index contributed by atoms with van der Waals surface area (Å²) >= 11 is 0. The third-order valence-electron chi connectivity index (χ3n) is 6.32. The Morgan fingerprint density at radius 3 is 2.55 bits per heavy atom. The van der Waals surface area contributed by atoms with Gasteiger partial charge < -0.3 is 15.0 Å². The molecule has 2 bridgehead atoms. The number of nitrogens with zero attached hydrogens (tertiary/aromatic N) is 1. The van der Waals surface area contributed by atoms with Gasteiger partial charge in [0.05, 0.1) is 6.61 Å². The van der Waals surface area contributed by atoms with Gasteiger partial charge in [0.15, 0.2) is 0 Å². The summed E-state index contributed by atoms with van der Waals surface area (Å²) < 4.78 is 5.59. The van der Waals surface area contributed by atoms with E-state index in [4.69, 9.17) is 4.74 Å². The lowest BCUT2D eigenvalue weighted by Crippen LogP contribution is -2.46. The van der Waals surface area contributed by atoms with E-state index >= 15 is 0 Å². The molecule has 3 rings (SSSR count). The van der Waals surface area contributed by atoms with Crippen molar-refractivity contribution in [3.8, 4) is 0 Å². The van der Waals surface area contributed by atoms with Crippen molar-refractivity contribution in [2.45, 2.75) is 58.3 Å². The number of fused-ring (bicyclic) bond motifs is 2. The number of carbonyl (C=O) groups excluding carboxylic acids is 1. The molecule has 0 aromatic carbocycles. The quantitative estimate of drug-likeness (QED) is 0.865. The van der Waals surface area contributed by atoms with Crippen molar-refractivity contribution >= 4 is 6.09 Å². The molecule has 4 nitrogen and oxygen atoms in total. The van der Waals surface area contributed by atoms with Gasteiger partial charge >= 0.3 is 6.09 Å². The van der Waals surface area contributed by atoms with E-state index in [0.29, 0.717) is 12.0 Å². The van der Waals surface area contributed by atoms with E-state index in [9.17, 15) is 4.79 Å². The fourth-order valence-corrected chi connectivity index (χ4v) is 5.04. The summed E-state index contributed by atoms with van der Waals surface area (Å²) in [7, 11) is 0. The maximum atomic E-state index is 12.1. The van der Waals surface area contributed by atoms with Crippen LogP contribution in [0, 0.1) is 17.3 Å². The smallest absolute Gasteiger partial charge is 0.409 e. The van der Waals surface area contributed by atoms with Gasteiger partial charge in [-0.05, 0) is 42.9 Å². The zero-order valence-electron chi connectivity index (χ0n) is 14.1. The summed E-state index contributed by atoms with van der Waals surface area (Å²) in [4.78, 5) is 13.9. The SMILES string of the molecule is CCC1(CCOC(=O)N2CCNCC2)CC2CCCC(C2)C1. The van der Waals surface area contributed by atoms with Gasteiger partial charge in [-0.15, -0.1) is 0 Å². The van der Waals surface area contributed by atoms with Crippen LogP contribution in [0.15, 0.2) is 0 Å². The summed E-state index contributed by atoms with van der Waals surface area (Å²) in [6.45, 7) is 6.27. The van der Waals surface area contributed by atoms with Gasteiger partial charge in [0.1, 0.15) is 0 Å². The predicted molar refractivity (Wildman–Crippen MR) is 87.8 cm³/mol. The van der Waals surface area contributed by atoms with E-state index in [1.807, 2.05) is 4.90 Å². The highest BCUT2D eigenvalue weighted by Crippen LogP contribution is 2.52. The van der Waals surface area contributed by atoms with E-state index in [1.165, 1.54) is 44.9 Å². The first-order valence-corrected chi connectivity index (χ1v) is 9.33. The lowest BCUT2D eigenvalue weighted by molar-refractivity contribution is 0.0211. The van der Waals surface area contributed by atoms with Crippen LogP contribution in [0.1, 0.15) is 58.3 Å². The summed E-state index contributed by atoms with van der Waals surface area (Å²) in [5.74, 6) is 1.88. The van der Waals surface area contributed by atoms with E-state index < -0.39 is 0 Å². The van der Waals surface area contributed by atoms with Crippen molar-refractivity contribution < 1.29 is 9.53 Å². The van der Waals surface area contributed by atoms with Gasteiger partial charge in [0.2, 0.25) is 0 Å². The molecule has 4 heteroatoms. The first kappa shape index (κ1) is 16.1. The molecule has 3 aliphatic rings. The average Bonchev–Trinajstić information content (AvgIpc) is 2.55. The topological polar surface area (TPSA) is 41.6 Å². The van der Waals surface area contributed by atoms with Crippen LogP contribution in [0.3, 0.4) is 0 Å². The van der Waals surface area contributed by atoms with E-state index in [2.05, 4.69) is 12.2 Å². The monoisotopic (exact) mass is 308 g/mol. The molecule has 2 aliphatic carbocycles. The zero-order chi connectivity index (χ0) is 15.4. The maximum absolute atomic E-state index is 12.1. The predicted octanol–water partition coefficient (Wildman–Crippen LogP) is 3.41. The molecular formula is C18H32N2O2. The van der Waals surface area contributed by atoms with Crippen LogP contribution in [0.5, 0.6) is 0 Å². The molecule has 0 radical (unpaired) electrons. The fourth-order valence-electron chi connectivity index (χ4n) is 5.04. The fraction of sp³-hybridized carbons (Fsp3) is 0.944. The van der Waals surface area contributed by atoms with Crippen LogP contribution in [0.4, 0.5) is 4.79 Å². The van der Waals surface area contributed by atoms with E-state index in [1.54, 1.807) is 0 Å². The molecule has 2 saturated carbocycles.